The first-order valence-electron chi connectivity index (χ1n) is 12.3. The number of primary amides is 1. The van der Waals surface area contributed by atoms with Gasteiger partial charge in [-0.05, 0) is 54.9 Å². The molecule has 2 aromatic rings. The Labute approximate surface area is 226 Å². The fraction of sp³-hybridized carbons (Fsp3) is 0.640. The van der Waals surface area contributed by atoms with Crippen molar-refractivity contribution in [2.45, 2.75) is 109 Å². The molecule has 2 amide bonds. The lowest BCUT2D eigenvalue weighted by atomic mass is 9.95. The summed E-state index contributed by atoms with van der Waals surface area (Å²) >= 11 is 0.822. The lowest BCUT2D eigenvalue weighted by molar-refractivity contribution is 0.0779. The summed E-state index contributed by atoms with van der Waals surface area (Å²) < 4.78 is 35.3. The van der Waals surface area contributed by atoms with Gasteiger partial charge in [-0.15, -0.1) is 11.3 Å². The number of carbonyl (C=O) groups is 1. The number of nitrogens with zero attached hydrogens (tertiary/aromatic N) is 3. The van der Waals surface area contributed by atoms with Crippen molar-refractivity contribution in [3.63, 3.8) is 0 Å². The van der Waals surface area contributed by atoms with Crippen LogP contribution in [0, 0.1) is 0 Å². The second-order valence-corrected chi connectivity index (χ2v) is 19.7. The number of carbonyl (C=O) groups excluding carboxylic acids is 1. The number of pyridine rings is 1. The number of rotatable bonds is 9. The van der Waals surface area contributed by atoms with Gasteiger partial charge in [-0.3, -0.25) is 4.98 Å². The van der Waals surface area contributed by atoms with Crippen LogP contribution in [0.3, 0.4) is 0 Å². The van der Waals surface area contributed by atoms with E-state index in [0.717, 1.165) is 11.3 Å². The Balaban J connectivity index is 2.82. The number of aliphatic hydroxyl groups is 1. The zero-order valence-electron chi connectivity index (χ0n) is 23.8. The van der Waals surface area contributed by atoms with Crippen LogP contribution in [0.25, 0.3) is 0 Å². The molecule has 37 heavy (non-hydrogen) atoms. The number of urea groups is 1. The third-order valence-corrected chi connectivity index (χ3v) is 14.8. The van der Waals surface area contributed by atoms with Crippen molar-refractivity contribution >= 4 is 41.4 Å². The number of anilines is 1. The molecule has 0 spiro atoms. The Morgan fingerprint density at radius 1 is 1.11 bits per heavy atom. The molecule has 0 radical (unpaired) electrons. The zero-order valence-corrected chi connectivity index (χ0v) is 26.5. The van der Waals surface area contributed by atoms with E-state index in [1.165, 1.54) is 13.8 Å². The molecular formula is C25H42N4O5S2Si. The van der Waals surface area contributed by atoms with Crippen LogP contribution in [0.15, 0.2) is 16.6 Å². The highest BCUT2D eigenvalue weighted by atomic mass is 32.2. The van der Waals surface area contributed by atoms with Gasteiger partial charge in [0.2, 0.25) is 0 Å². The topological polar surface area (TPSA) is 136 Å². The SMILES string of the molecule is CC(C)c1cncc(C(C)C)c1N(C(N)=O)S(=O)(=O)c1sc(C(C)(C)O)nc1CO[Si](C)(C)C(C)(C)C. The van der Waals surface area contributed by atoms with Gasteiger partial charge in [-0.25, -0.2) is 9.78 Å². The van der Waals surface area contributed by atoms with Crippen molar-refractivity contribution in [3.05, 3.63) is 34.2 Å². The number of amides is 2. The van der Waals surface area contributed by atoms with E-state index < -0.39 is 30.0 Å². The molecule has 2 heterocycles. The van der Waals surface area contributed by atoms with E-state index in [4.69, 9.17) is 10.2 Å². The van der Waals surface area contributed by atoms with Crippen molar-refractivity contribution in [1.29, 1.82) is 0 Å². The smallest absolute Gasteiger partial charge is 0.333 e. The predicted molar refractivity (Wildman–Crippen MR) is 151 cm³/mol. The third-order valence-electron chi connectivity index (χ3n) is 6.66. The van der Waals surface area contributed by atoms with Crippen LogP contribution in [0.5, 0.6) is 0 Å². The minimum Gasteiger partial charge on any atom is -0.411 e. The Morgan fingerprint density at radius 3 is 1.97 bits per heavy atom. The second-order valence-electron chi connectivity index (χ2n) is 11.9. The molecule has 0 saturated heterocycles. The minimum atomic E-state index is -4.53. The molecule has 0 atom stereocenters. The Bertz CT molecular complexity index is 1220. The van der Waals surface area contributed by atoms with Gasteiger partial charge in [-0.2, -0.15) is 12.7 Å². The van der Waals surface area contributed by atoms with E-state index in [2.05, 4.69) is 43.8 Å². The maximum Gasteiger partial charge on any atom is 0.333 e. The van der Waals surface area contributed by atoms with Crippen molar-refractivity contribution in [1.82, 2.24) is 9.97 Å². The molecule has 0 fully saturated rings. The molecule has 208 valence electrons. The lowest BCUT2D eigenvalue weighted by Crippen LogP contribution is -2.43. The highest BCUT2D eigenvalue weighted by Gasteiger charge is 2.41. The van der Waals surface area contributed by atoms with Gasteiger partial charge in [-0.1, -0.05) is 48.5 Å². The van der Waals surface area contributed by atoms with Crippen LogP contribution < -0.4 is 10.0 Å². The van der Waals surface area contributed by atoms with Crippen molar-refractivity contribution in [2.24, 2.45) is 5.73 Å². The summed E-state index contributed by atoms with van der Waals surface area (Å²) in [5, 5.41) is 10.7. The first-order valence-corrected chi connectivity index (χ1v) is 17.5. The number of hydrogen-bond acceptors (Lipinski definition) is 8. The maximum atomic E-state index is 14.3. The summed E-state index contributed by atoms with van der Waals surface area (Å²) in [6.45, 7) is 20.9. The summed E-state index contributed by atoms with van der Waals surface area (Å²) in [6.07, 6.45) is 3.13. The molecule has 9 nitrogen and oxygen atoms in total. The van der Waals surface area contributed by atoms with Crippen molar-refractivity contribution < 1.29 is 22.7 Å². The Hall–Kier alpha value is -1.86. The van der Waals surface area contributed by atoms with Gasteiger partial charge in [0.25, 0.3) is 10.0 Å². The zero-order chi connectivity index (χ0) is 28.7. The van der Waals surface area contributed by atoms with Gasteiger partial charge in [0, 0.05) is 12.4 Å². The number of aromatic nitrogens is 2. The fourth-order valence-electron chi connectivity index (χ4n) is 3.36. The molecule has 0 aliphatic rings. The average molecular weight is 571 g/mol. The molecule has 0 aromatic carbocycles. The first kappa shape index (κ1) is 31.4. The number of sulfonamides is 1. The van der Waals surface area contributed by atoms with Gasteiger partial charge < -0.3 is 15.3 Å². The van der Waals surface area contributed by atoms with E-state index in [1.54, 1.807) is 12.4 Å². The van der Waals surface area contributed by atoms with Crippen LogP contribution in [-0.2, 0) is 26.7 Å². The lowest BCUT2D eigenvalue weighted by Gasteiger charge is -2.36. The summed E-state index contributed by atoms with van der Waals surface area (Å²) in [6, 6.07) is -1.13. The molecule has 2 rings (SSSR count). The number of hydrogen-bond donors (Lipinski definition) is 2. The van der Waals surface area contributed by atoms with Gasteiger partial charge in [0.05, 0.1) is 18.0 Å². The third kappa shape index (κ3) is 6.59. The largest absolute Gasteiger partial charge is 0.411 e. The van der Waals surface area contributed by atoms with Gasteiger partial charge >= 0.3 is 6.03 Å². The van der Waals surface area contributed by atoms with Crippen LogP contribution in [0.4, 0.5) is 10.5 Å². The Morgan fingerprint density at radius 2 is 1.59 bits per heavy atom. The highest BCUT2D eigenvalue weighted by molar-refractivity contribution is 7.95. The van der Waals surface area contributed by atoms with E-state index >= 15 is 0 Å². The van der Waals surface area contributed by atoms with Crippen LogP contribution in [-0.4, -0.2) is 37.8 Å². The fourth-order valence-corrected chi connectivity index (χ4v) is 7.23. The maximum absolute atomic E-state index is 14.3. The molecule has 0 saturated carbocycles. The van der Waals surface area contributed by atoms with Gasteiger partial charge in [0.15, 0.2) is 12.5 Å². The van der Waals surface area contributed by atoms with Crippen LogP contribution in [0.2, 0.25) is 18.1 Å². The number of nitrogens with two attached hydrogens (primary N) is 1. The van der Waals surface area contributed by atoms with Crippen molar-refractivity contribution in [2.75, 3.05) is 4.31 Å². The molecule has 0 bridgehead atoms. The highest BCUT2D eigenvalue weighted by Crippen LogP contribution is 2.42. The minimum absolute atomic E-state index is 0.0747. The summed E-state index contributed by atoms with van der Waals surface area (Å²) in [7, 11) is -6.80. The molecule has 2 aromatic heterocycles. The molecule has 0 aliphatic heterocycles. The molecule has 12 heteroatoms. The summed E-state index contributed by atoms with van der Waals surface area (Å²) in [5.41, 5.74) is 5.89. The van der Waals surface area contributed by atoms with Crippen LogP contribution >= 0.6 is 11.3 Å². The normalized spacial score (nSPS) is 13.5. The quantitative estimate of drug-likeness (QED) is 0.363. The van der Waals surface area contributed by atoms with Crippen LogP contribution in [0.1, 0.15) is 96.0 Å². The monoisotopic (exact) mass is 570 g/mol. The van der Waals surface area contributed by atoms with E-state index in [0.29, 0.717) is 15.4 Å². The standard InChI is InChI=1S/C25H42N4O5S2Si/c1-15(2)17-12-27-13-18(16(3)4)20(17)29(23(26)30)36(32,33)21-19(28-22(35-21)25(8,9)31)14-34-37(10,11)24(5,6)7/h12-13,15-16,31H,14H2,1-11H3,(H2,26,30). The molecule has 0 aliphatic carbocycles. The van der Waals surface area contributed by atoms with E-state index in [9.17, 15) is 18.3 Å². The van der Waals surface area contributed by atoms with Crippen molar-refractivity contribution in [3.8, 4) is 0 Å². The van der Waals surface area contributed by atoms with E-state index in [1.807, 2.05) is 27.7 Å². The predicted octanol–water partition coefficient (Wildman–Crippen LogP) is 5.81. The first-order chi connectivity index (χ1) is 16.6. The summed E-state index contributed by atoms with van der Waals surface area (Å²) in [4.78, 5) is 21.7. The summed E-state index contributed by atoms with van der Waals surface area (Å²) in [5.74, 6) is -0.263. The average Bonchev–Trinajstić information content (AvgIpc) is 3.17. The Kier molecular flexibility index (Phi) is 9.08. The second kappa shape index (κ2) is 10.7. The molecule has 0 unspecified atom stereocenters. The molecule has 3 N–H and O–H groups in total. The molecular weight excluding hydrogens is 529 g/mol. The van der Waals surface area contributed by atoms with E-state index in [-0.39, 0.29) is 44.1 Å². The van der Waals surface area contributed by atoms with Gasteiger partial charge in [0.1, 0.15) is 10.6 Å². The number of thiazole rings is 1.